The Labute approximate surface area is 137 Å². The molecule has 2 rings (SSSR count). The van der Waals surface area contributed by atoms with E-state index in [-0.39, 0.29) is 11.9 Å². The van der Waals surface area contributed by atoms with Crippen LogP contribution >= 0.6 is 0 Å². The Morgan fingerprint density at radius 3 is 2.39 bits per heavy atom. The lowest BCUT2D eigenvalue weighted by Crippen LogP contribution is -2.32. The van der Waals surface area contributed by atoms with E-state index >= 15 is 0 Å². The van der Waals surface area contributed by atoms with E-state index in [0.717, 1.165) is 5.56 Å². The number of carbonyl (C=O) groups is 1. The van der Waals surface area contributed by atoms with E-state index in [0.29, 0.717) is 36.5 Å². The number of anilines is 1. The Balaban J connectivity index is 2.50. The molecule has 23 heavy (non-hydrogen) atoms. The number of hydrogen-bond acceptors (Lipinski definition) is 4. The van der Waals surface area contributed by atoms with E-state index in [9.17, 15) is 4.79 Å². The second-order valence-corrected chi connectivity index (χ2v) is 5.57. The highest BCUT2D eigenvalue weighted by molar-refractivity contribution is 5.96. The molecule has 0 bridgehead atoms. The van der Waals surface area contributed by atoms with Gasteiger partial charge in [0.1, 0.15) is 0 Å². The van der Waals surface area contributed by atoms with Gasteiger partial charge in [-0.25, -0.2) is 9.97 Å². The number of nitrogen functional groups attached to an aromatic ring is 1. The van der Waals surface area contributed by atoms with Crippen LogP contribution in [0.2, 0.25) is 0 Å². The van der Waals surface area contributed by atoms with Crippen molar-refractivity contribution in [1.82, 2.24) is 14.9 Å². The summed E-state index contributed by atoms with van der Waals surface area (Å²) in [6.45, 7) is 9.12. The molecular formula is C18H24N4O. The first-order valence-electron chi connectivity index (χ1n) is 7.94. The average molecular weight is 312 g/mol. The van der Waals surface area contributed by atoms with Crippen LogP contribution in [0.3, 0.4) is 0 Å². The van der Waals surface area contributed by atoms with Crippen molar-refractivity contribution in [2.45, 2.75) is 34.1 Å². The van der Waals surface area contributed by atoms with Gasteiger partial charge in [-0.3, -0.25) is 4.79 Å². The van der Waals surface area contributed by atoms with Gasteiger partial charge in [-0.05, 0) is 38.8 Å². The highest BCUT2D eigenvalue weighted by Gasteiger charge is 2.22. The minimum Gasteiger partial charge on any atom is -0.368 e. The third-order valence-corrected chi connectivity index (χ3v) is 4.07. The Hall–Kier alpha value is -2.43. The Morgan fingerprint density at radius 1 is 1.13 bits per heavy atom. The predicted molar refractivity (Wildman–Crippen MR) is 92.4 cm³/mol. The molecular weight excluding hydrogens is 288 g/mol. The molecule has 1 aromatic carbocycles. The summed E-state index contributed by atoms with van der Waals surface area (Å²) in [5.74, 6) is 0.179. The monoisotopic (exact) mass is 312 g/mol. The zero-order chi connectivity index (χ0) is 17.0. The fraction of sp³-hybridized carbons (Fsp3) is 0.389. The number of nitrogens with zero attached hydrogens (tertiary/aromatic N) is 3. The third kappa shape index (κ3) is 3.67. The maximum absolute atomic E-state index is 12.8. The first kappa shape index (κ1) is 16.9. The molecule has 0 saturated heterocycles. The fourth-order valence-electron chi connectivity index (χ4n) is 2.72. The molecule has 0 radical (unpaired) electrons. The van der Waals surface area contributed by atoms with Gasteiger partial charge in [0.2, 0.25) is 5.95 Å². The summed E-state index contributed by atoms with van der Waals surface area (Å²) < 4.78 is 0. The molecule has 0 saturated carbocycles. The second-order valence-electron chi connectivity index (χ2n) is 5.57. The summed E-state index contributed by atoms with van der Waals surface area (Å²) in [7, 11) is 0. The van der Waals surface area contributed by atoms with Crippen LogP contribution < -0.4 is 5.73 Å². The van der Waals surface area contributed by atoms with Crippen molar-refractivity contribution in [3.05, 3.63) is 52.3 Å². The van der Waals surface area contributed by atoms with Gasteiger partial charge < -0.3 is 10.6 Å². The van der Waals surface area contributed by atoms with Gasteiger partial charge in [-0.2, -0.15) is 0 Å². The molecule has 1 amide bonds. The van der Waals surface area contributed by atoms with Crippen LogP contribution in [0.25, 0.3) is 0 Å². The second kappa shape index (κ2) is 7.22. The average Bonchev–Trinajstić information content (AvgIpc) is 2.50. The molecule has 0 atom stereocenters. The largest absolute Gasteiger partial charge is 0.368 e. The van der Waals surface area contributed by atoms with E-state index in [1.807, 2.05) is 32.9 Å². The van der Waals surface area contributed by atoms with Crippen LogP contribution in [-0.4, -0.2) is 33.9 Å². The van der Waals surface area contributed by atoms with Gasteiger partial charge in [0, 0.05) is 19.5 Å². The van der Waals surface area contributed by atoms with E-state index in [4.69, 9.17) is 5.73 Å². The minimum absolute atomic E-state index is 0.0314. The molecule has 5 nitrogen and oxygen atoms in total. The van der Waals surface area contributed by atoms with E-state index < -0.39 is 0 Å². The molecule has 122 valence electrons. The van der Waals surface area contributed by atoms with Crippen molar-refractivity contribution in [2.24, 2.45) is 0 Å². The Morgan fingerprint density at radius 2 is 1.78 bits per heavy atom. The number of carbonyl (C=O) groups excluding carboxylic acids is 1. The summed E-state index contributed by atoms with van der Waals surface area (Å²) in [5, 5.41) is 0. The Kier molecular flexibility index (Phi) is 5.32. The van der Waals surface area contributed by atoms with Gasteiger partial charge >= 0.3 is 0 Å². The lowest BCUT2D eigenvalue weighted by molar-refractivity contribution is 0.0770. The van der Waals surface area contributed by atoms with Crippen molar-refractivity contribution < 1.29 is 4.79 Å². The summed E-state index contributed by atoms with van der Waals surface area (Å²) >= 11 is 0. The molecule has 0 aliphatic heterocycles. The highest BCUT2D eigenvalue weighted by atomic mass is 16.2. The Bertz CT molecular complexity index is 708. The number of aryl methyl sites for hydroxylation is 2. The lowest BCUT2D eigenvalue weighted by Gasteiger charge is -2.21. The van der Waals surface area contributed by atoms with Gasteiger partial charge in [0.05, 0.1) is 17.0 Å². The molecule has 0 aliphatic carbocycles. The normalized spacial score (nSPS) is 10.6. The van der Waals surface area contributed by atoms with Crippen molar-refractivity contribution in [1.29, 1.82) is 0 Å². The third-order valence-electron chi connectivity index (χ3n) is 4.07. The molecule has 5 heteroatoms. The molecule has 2 aromatic rings. The number of aromatic nitrogens is 2. The number of amides is 1. The molecule has 0 spiro atoms. The van der Waals surface area contributed by atoms with Crippen LogP contribution in [-0.2, 0) is 6.42 Å². The number of nitrogens with two attached hydrogens (primary N) is 1. The van der Waals surface area contributed by atoms with E-state index in [1.165, 1.54) is 5.56 Å². The van der Waals surface area contributed by atoms with Crippen LogP contribution in [0.5, 0.6) is 0 Å². The SMILES string of the molecule is CCN(CC)C(=O)c1c(C)nc(N)nc1Cc1ccccc1C. The number of benzene rings is 1. The van der Waals surface area contributed by atoms with Gasteiger partial charge in [0.15, 0.2) is 0 Å². The summed E-state index contributed by atoms with van der Waals surface area (Å²) in [6, 6.07) is 8.10. The molecule has 0 fully saturated rings. The van der Waals surface area contributed by atoms with Gasteiger partial charge in [-0.1, -0.05) is 24.3 Å². The first-order valence-corrected chi connectivity index (χ1v) is 7.94. The molecule has 0 unspecified atom stereocenters. The van der Waals surface area contributed by atoms with Crippen molar-refractivity contribution >= 4 is 11.9 Å². The quantitative estimate of drug-likeness (QED) is 0.921. The van der Waals surface area contributed by atoms with Crippen LogP contribution in [0.4, 0.5) is 5.95 Å². The van der Waals surface area contributed by atoms with E-state index in [1.54, 1.807) is 4.90 Å². The predicted octanol–water partition coefficient (Wildman–Crippen LogP) is 2.75. The summed E-state index contributed by atoms with van der Waals surface area (Å²) in [4.78, 5) is 23.2. The molecule has 1 heterocycles. The fourth-order valence-corrected chi connectivity index (χ4v) is 2.72. The maximum Gasteiger partial charge on any atom is 0.257 e. The topological polar surface area (TPSA) is 72.1 Å². The molecule has 2 N–H and O–H groups in total. The molecule has 0 aliphatic rings. The maximum atomic E-state index is 12.8. The first-order chi connectivity index (χ1) is 11.0. The van der Waals surface area contributed by atoms with Crippen molar-refractivity contribution in [3.63, 3.8) is 0 Å². The van der Waals surface area contributed by atoms with Crippen molar-refractivity contribution in [3.8, 4) is 0 Å². The highest BCUT2D eigenvalue weighted by Crippen LogP contribution is 2.20. The van der Waals surface area contributed by atoms with Crippen LogP contribution in [0, 0.1) is 13.8 Å². The zero-order valence-electron chi connectivity index (χ0n) is 14.3. The zero-order valence-corrected chi connectivity index (χ0v) is 14.3. The van der Waals surface area contributed by atoms with Gasteiger partial charge in [0.25, 0.3) is 5.91 Å². The smallest absolute Gasteiger partial charge is 0.257 e. The van der Waals surface area contributed by atoms with Crippen LogP contribution in [0.1, 0.15) is 46.7 Å². The van der Waals surface area contributed by atoms with E-state index in [2.05, 4.69) is 29.0 Å². The molecule has 1 aromatic heterocycles. The van der Waals surface area contributed by atoms with Crippen molar-refractivity contribution in [2.75, 3.05) is 18.8 Å². The lowest BCUT2D eigenvalue weighted by atomic mass is 9.99. The van der Waals surface area contributed by atoms with Crippen LogP contribution in [0.15, 0.2) is 24.3 Å². The summed E-state index contributed by atoms with van der Waals surface area (Å²) in [6.07, 6.45) is 0.572. The summed E-state index contributed by atoms with van der Waals surface area (Å²) in [5.41, 5.74) is 10.0. The van der Waals surface area contributed by atoms with Gasteiger partial charge in [-0.15, -0.1) is 0 Å². The number of hydrogen-bond donors (Lipinski definition) is 1. The standard InChI is InChI=1S/C18H24N4O/c1-5-22(6-2)17(23)16-13(4)20-18(19)21-15(16)11-14-10-8-7-9-12(14)3/h7-10H,5-6,11H2,1-4H3,(H2,19,20,21). The minimum atomic E-state index is -0.0314. The number of rotatable bonds is 5.